The van der Waals surface area contributed by atoms with Crippen LogP contribution in [0.15, 0.2) is 12.7 Å². The smallest absolute Gasteiger partial charge is 0.430 e. The van der Waals surface area contributed by atoms with E-state index < -0.39 is 34.0 Å². The van der Waals surface area contributed by atoms with E-state index in [1.807, 2.05) is 0 Å². The first kappa shape index (κ1) is 26.0. The standard InChI is InChI=1S/C18H28Cl3NO5/c1-8-9-11(2)13(27-16(25)26-10-18(19,20)21)12(3)14(23)17(4,5)15(24)22(6)7/h8,11-13H,1,9-10H2,2-7H3/t11-,12+,13-/m0/s1. The third kappa shape index (κ3) is 8.28. The number of allylic oxidation sites excluding steroid dienone is 1. The minimum atomic E-state index is -1.77. The summed E-state index contributed by atoms with van der Waals surface area (Å²) in [6.45, 7) is 9.68. The van der Waals surface area contributed by atoms with Crippen LogP contribution in [0, 0.1) is 17.3 Å². The fourth-order valence-corrected chi connectivity index (χ4v) is 2.94. The number of hydrogen-bond donors (Lipinski definition) is 0. The van der Waals surface area contributed by atoms with Crippen LogP contribution in [0.4, 0.5) is 4.79 Å². The van der Waals surface area contributed by atoms with E-state index in [9.17, 15) is 14.4 Å². The van der Waals surface area contributed by atoms with Gasteiger partial charge in [-0.3, -0.25) is 9.59 Å². The van der Waals surface area contributed by atoms with E-state index in [-0.39, 0.29) is 17.6 Å². The summed E-state index contributed by atoms with van der Waals surface area (Å²) in [6, 6.07) is 0. The maximum atomic E-state index is 13.0. The van der Waals surface area contributed by atoms with E-state index in [0.717, 1.165) is 0 Å². The average molecular weight is 445 g/mol. The summed E-state index contributed by atoms with van der Waals surface area (Å²) in [5, 5.41) is 0. The number of ether oxygens (including phenoxy) is 2. The van der Waals surface area contributed by atoms with Gasteiger partial charge in [0.15, 0.2) is 5.78 Å². The van der Waals surface area contributed by atoms with Crippen molar-refractivity contribution in [1.29, 1.82) is 0 Å². The topological polar surface area (TPSA) is 72.9 Å². The Morgan fingerprint density at radius 3 is 2.07 bits per heavy atom. The molecule has 0 aromatic heterocycles. The molecule has 0 spiro atoms. The zero-order chi connectivity index (χ0) is 21.6. The molecule has 0 fully saturated rings. The highest BCUT2D eigenvalue weighted by molar-refractivity contribution is 6.67. The predicted molar refractivity (Wildman–Crippen MR) is 107 cm³/mol. The zero-order valence-electron chi connectivity index (χ0n) is 16.6. The van der Waals surface area contributed by atoms with Crippen LogP contribution in [0.2, 0.25) is 0 Å². The quantitative estimate of drug-likeness (QED) is 0.228. The number of ketones is 1. The number of alkyl halides is 3. The molecule has 0 saturated carbocycles. The van der Waals surface area contributed by atoms with Crippen LogP contribution in [0.5, 0.6) is 0 Å². The van der Waals surface area contributed by atoms with Gasteiger partial charge >= 0.3 is 6.16 Å². The molecule has 3 atom stereocenters. The Bertz CT molecular complexity index is 558. The van der Waals surface area contributed by atoms with Gasteiger partial charge in [-0.05, 0) is 26.2 Å². The summed E-state index contributed by atoms with van der Waals surface area (Å²) in [7, 11) is 3.15. The number of hydrogen-bond acceptors (Lipinski definition) is 5. The second-order valence-electron chi connectivity index (χ2n) is 7.22. The Kier molecular flexibility index (Phi) is 10.2. The summed E-state index contributed by atoms with van der Waals surface area (Å²) in [5.41, 5.74) is -1.28. The predicted octanol–water partition coefficient (Wildman–Crippen LogP) is 4.41. The molecule has 0 aliphatic carbocycles. The average Bonchev–Trinajstić information content (AvgIpc) is 2.55. The Morgan fingerprint density at radius 2 is 1.67 bits per heavy atom. The molecule has 0 aliphatic rings. The van der Waals surface area contributed by atoms with Gasteiger partial charge < -0.3 is 14.4 Å². The lowest BCUT2D eigenvalue weighted by Gasteiger charge is -2.33. The molecular formula is C18H28Cl3NO5. The molecule has 0 aromatic rings. The van der Waals surface area contributed by atoms with Crippen molar-refractivity contribution in [2.75, 3.05) is 20.7 Å². The number of Topliss-reactive ketones (excluding diaryl/α,β-unsaturated/α-hetero) is 1. The number of nitrogens with zero attached hydrogens (tertiary/aromatic N) is 1. The summed E-state index contributed by atoms with van der Waals surface area (Å²) >= 11 is 16.7. The molecule has 0 radical (unpaired) electrons. The van der Waals surface area contributed by atoms with Gasteiger partial charge in [-0.15, -0.1) is 6.58 Å². The lowest BCUT2D eigenvalue weighted by atomic mass is 9.76. The monoisotopic (exact) mass is 443 g/mol. The van der Waals surface area contributed by atoms with Gasteiger partial charge in [0.1, 0.15) is 18.1 Å². The molecule has 0 saturated heterocycles. The van der Waals surface area contributed by atoms with E-state index in [2.05, 4.69) is 6.58 Å². The van der Waals surface area contributed by atoms with Gasteiger partial charge in [0.05, 0.1) is 5.92 Å². The third-order valence-corrected chi connectivity index (χ3v) is 4.48. The maximum absolute atomic E-state index is 13.0. The molecule has 6 nitrogen and oxygen atoms in total. The number of amides is 1. The normalized spacial score (nSPS) is 15.3. The van der Waals surface area contributed by atoms with E-state index in [4.69, 9.17) is 44.3 Å². The van der Waals surface area contributed by atoms with Crippen LogP contribution in [0.25, 0.3) is 0 Å². The molecule has 156 valence electrons. The second-order valence-corrected chi connectivity index (χ2v) is 9.73. The molecule has 0 heterocycles. The molecule has 1 amide bonds. The molecule has 0 rings (SSSR count). The lowest BCUT2D eigenvalue weighted by molar-refractivity contribution is -0.150. The van der Waals surface area contributed by atoms with Crippen molar-refractivity contribution >= 4 is 52.6 Å². The highest BCUT2D eigenvalue weighted by atomic mass is 35.6. The summed E-state index contributed by atoms with van der Waals surface area (Å²) < 4.78 is 8.37. The van der Waals surface area contributed by atoms with E-state index in [0.29, 0.717) is 6.42 Å². The van der Waals surface area contributed by atoms with E-state index >= 15 is 0 Å². The first-order valence-electron chi connectivity index (χ1n) is 8.42. The third-order valence-electron chi connectivity index (χ3n) is 4.15. The van der Waals surface area contributed by atoms with Gasteiger partial charge in [-0.2, -0.15) is 0 Å². The molecule has 0 unspecified atom stereocenters. The molecular weight excluding hydrogens is 417 g/mol. The lowest BCUT2D eigenvalue weighted by Crippen LogP contribution is -2.48. The van der Waals surface area contributed by atoms with Crippen LogP contribution in [0.3, 0.4) is 0 Å². The van der Waals surface area contributed by atoms with Crippen molar-refractivity contribution in [3.8, 4) is 0 Å². The first-order valence-corrected chi connectivity index (χ1v) is 9.55. The van der Waals surface area contributed by atoms with Crippen molar-refractivity contribution in [2.24, 2.45) is 17.3 Å². The minimum absolute atomic E-state index is 0.244. The van der Waals surface area contributed by atoms with Crippen LogP contribution >= 0.6 is 34.8 Å². The molecule has 0 aromatic carbocycles. The molecule has 27 heavy (non-hydrogen) atoms. The Balaban J connectivity index is 5.44. The molecule has 0 N–H and O–H groups in total. The minimum Gasteiger partial charge on any atom is -0.430 e. The van der Waals surface area contributed by atoms with E-state index in [1.165, 1.54) is 4.90 Å². The van der Waals surface area contributed by atoms with Crippen molar-refractivity contribution < 1.29 is 23.9 Å². The Morgan fingerprint density at radius 1 is 1.15 bits per heavy atom. The van der Waals surface area contributed by atoms with Crippen LogP contribution < -0.4 is 0 Å². The van der Waals surface area contributed by atoms with Crippen molar-refractivity contribution in [2.45, 2.75) is 44.0 Å². The van der Waals surface area contributed by atoms with Gasteiger partial charge in [-0.1, -0.05) is 54.7 Å². The highest BCUT2D eigenvalue weighted by Crippen LogP contribution is 2.31. The van der Waals surface area contributed by atoms with Gasteiger partial charge in [0.2, 0.25) is 9.70 Å². The van der Waals surface area contributed by atoms with Crippen LogP contribution in [0.1, 0.15) is 34.1 Å². The number of carbonyl (C=O) groups is 3. The summed E-state index contributed by atoms with van der Waals surface area (Å²) in [5.74, 6) is -1.70. The number of halogens is 3. The van der Waals surface area contributed by atoms with Crippen molar-refractivity contribution in [1.82, 2.24) is 4.90 Å². The first-order chi connectivity index (χ1) is 12.1. The SMILES string of the molecule is C=CC[C@H](C)[C@H](OC(=O)OCC(Cl)(Cl)Cl)[C@@H](C)C(=O)C(C)(C)C(=O)N(C)C. The Hall–Kier alpha value is -0.980. The van der Waals surface area contributed by atoms with E-state index in [1.54, 1.807) is 47.9 Å². The Labute approximate surface area is 176 Å². The fraction of sp³-hybridized carbons (Fsp3) is 0.722. The maximum Gasteiger partial charge on any atom is 0.508 e. The molecule has 0 aliphatic heterocycles. The van der Waals surface area contributed by atoms with Crippen LogP contribution in [-0.4, -0.2) is 53.3 Å². The second kappa shape index (κ2) is 10.5. The summed E-state index contributed by atoms with van der Waals surface area (Å²) in [6.07, 6.45) is 0.245. The van der Waals surface area contributed by atoms with Gasteiger partial charge in [-0.25, -0.2) is 4.79 Å². The zero-order valence-corrected chi connectivity index (χ0v) is 18.8. The largest absolute Gasteiger partial charge is 0.508 e. The van der Waals surface area contributed by atoms with Crippen molar-refractivity contribution in [3.05, 3.63) is 12.7 Å². The highest BCUT2D eigenvalue weighted by Gasteiger charge is 2.44. The van der Waals surface area contributed by atoms with Gasteiger partial charge in [0.25, 0.3) is 0 Å². The van der Waals surface area contributed by atoms with Crippen LogP contribution in [-0.2, 0) is 19.1 Å². The number of rotatable bonds is 9. The number of carbonyl (C=O) groups excluding carboxylic acids is 3. The van der Waals surface area contributed by atoms with Gasteiger partial charge in [0, 0.05) is 14.1 Å². The summed E-state index contributed by atoms with van der Waals surface area (Å²) in [4.78, 5) is 38.7. The molecule has 0 bridgehead atoms. The fourth-order valence-electron chi connectivity index (χ4n) is 2.78. The van der Waals surface area contributed by atoms with Crippen molar-refractivity contribution in [3.63, 3.8) is 0 Å². The molecule has 9 heteroatoms.